The molecule has 0 aliphatic carbocycles. The summed E-state index contributed by atoms with van der Waals surface area (Å²) in [4.78, 5) is 56.4. The van der Waals surface area contributed by atoms with E-state index in [-0.39, 0.29) is 41.9 Å². The Bertz CT molecular complexity index is 2180. The van der Waals surface area contributed by atoms with Crippen molar-refractivity contribution in [2.45, 2.75) is 56.1 Å². The molecule has 4 atom stereocenters. The van der Waals surface area contributed by atoms with Gasteiger partial charge in [0, 0.05) is 92.7 Å². The monoisotopic (exact) mass is 755 g/mol. The number of piperazine rings is 1. The minimum atomic E-state index is -0.644. The molecule has 6 aliphatic heterocycles. The first kappa shape index (κ1) is 34.8. The lowest BCUT2D eigenvalue weighted by Gasteiger charge is -2.47. The van der Waals surface area contributed by atoms with Gasteiger partial charge in [-0.25, -0.2) is 9.97 Å². The topological polar surface area (TPSA) is 141 Å². The van der Waals surface area contributed by atoms with Crippen molar-refractivity contribution in [3.63, 3.8) is 0 Å². The smallest absolute Gasteiger partial charge is 0.255 e. The van der Waals surface area contributed by atoms with Gasteiger partial charge in [0.25, 0.3) is 5.91 Å². The molecule has 10 rings (SSSR count). The summed E-state index contributed by atoms with van der Waals surface area (Å²) in [6.07, 6.45) is 6.67. The van der Waals surface area contributed by atoms with Gasteiger partial charge >= 0.3 is 0 Å². The number of aromatic nitrogens is 2. The number of fused-ring (bicyclic) bond motifs is 6. The number of aromatic hydroxyl groups is 1. The van der Waals surface area contributed by atoms with Crippen LogP contribution in [-0.4, -0.2) is 107 Å². The Kier molecular flexibility index (Phi) is 8.76. The number of anilines is 2. The molecule has 1 unspecified atom stereocenters. The van der Waals surface area contributed by atoms with Gasteiger partial charge in [-0.15, -0.1) is 0 Å². The van der Waals surface area contributed by atoms with Crippen molar-refractivity contribution < 1.29 is 29.0 Å². The molecule has 0 radical (unpaired) electrons. The average Bonchev–Trinajstić information content (AvgIpc) is 3.56. The molecule has 6 aliphatic rings. The largest absolute Gasteiger partial charge is 0.508 e. The van der Waals surface area contributed by atoms with Crippen molar-refractivity contribution in [1.82, 2.24) is 25.1 Å². The molecule has 0 saturated carbocycles. The average molecular weight is 756 g/mol. The summed E-state index contributed by atoms with van der Waals surface area (Å²) in [5.41, 5.74) is 5.71. The summed E-state index contributed by atoms with van der Waals surface area (Å²) >= 11 is 0. The van der Waals surface area contributed by atoms with E-state index >= 15 is 0 Å². The Hall–Kier alpha value is -5.69. The van der Waals surface area contributed by atoms with Gasteiger partial charge in [-0.3, -0.25) is 24.6 Å². The van der Waals surface area contributed by atoms with Crippen LogP contribution in [0.25, 0.3) is 0 Å². The third-order valence-electron chi connectivity index (χ3n) is 12.8. The van der Waals surface area contributed by atoms with E-state index in [9.17, 15) is 19.5 Å². The summed E-state index contributed by atoms with van der Waals surface area (Å²) in [5.74, 6) is 2.24. The second-order valence-corrected chi connectivity index (χ2v) is 16.0. The normalized spacial score (nSPS) is 25.1. The van der Waals surface area contributed by atoms with E-state index in [4.69, 9.17) is 19.4 Å². The molecule has 13 heteroatoms. The van der Waals surface area contributed by atoms with Gasteiger partial charge in [0.2, 0.25) is 17.8 Å². The standard InChI is InChI=1S/C43H45N7O6/c51-30-6-7-32-37(18-30)55-25-34(27-4-2-1-3-5-27)39(32)28-19-44-43(45-20-28)48-14-12-26(13-15-48)21-47-16-17-49-29(22-47)24-56-40-33-23-50(36-10-11-38(52)46-41(36)53)42(54)31(33)8-9-35(40)49/h1-9,18-20,26,29,34,36,39,51H,10-17,21-25H2,(H,46,52,53)/t29-,34-,36?,39-/m0/s1. The molecule has 3 aromatic carbocycles. The molecule has 0 spiro atoms. The van der Waals surface area contributed by atoms with E-state index in [0.717, 1.165) is 86.2 Å². The number of hydrogen-bond donors (Lipinski definition) is 2. The summed E-state index contributed by atoms with van der Waals surface area (Å²) in [5, 5.41) is 12.5. The second kappa shape index (κ2) is 14.1. The van der Waals surface area contributed by atoms with E-state index in [0.29, 0.717) is 43.4 Å². The number of hydrogen-bond acceptors (Lipinski definition) is 11. The van der Waals surface area contributed by atoms with E-state index in [1.165, 1.54) is 5.56 Å². The summed E-state index contributed by atoms with van der Waals surface area (Å²) in [6, 6.07) is 19.3. The van der Waals surface area contributed by atoms with Crippen LogP contribution in [0.1, 0.15) is 70.1 Å². The Morgan fingerprint density at radius 1 is 0.839 bits per heavy atom. The lowest BCUT2D eigenvalue weighted by Crippen LogP contribution is -2.58. The van der Waals surface area contributed by atoms with Crippen molar-refractivity contribution >= 4 is 29.4 Å². The fraction of sp³-hybridized carbons (Fsp3) is 0.419. The first-order chi connectivity index (χ1) is 27.4. The lowest BCUT2D eigenvalue weighted by molar-refractivity contribution is -0.136. The maximum Gasteiger partial charge on any atom is 0.255 e. The third kappa shape index (κ3) is 6.18. The van der Waals surface area contributed by atoms with Gasteiger partial charge in [-0.1, -0.05) is 36.4 Å². The van der Waals surface area contributed by atoms with Crippen LogP contribution in [0.2, 0.25) is 0 Å². The van der Waals surface area contributed by atoms with Gasteiger partial charge in [0.05, 0.1) is 24.9 Å². The molecule has 1 aromatic heterocycles. The fourth-order valence-corrected chi connectivity index (χ4v) is 9.85. The molecule has 13 nitrogen and oxygen atoms in total. The predicted molar refractivity (Wildman–Crippen MR) is 207 cm³/mol. The quantitative estimate of drug-likeness (QED) is 0.276. The minimum Gasteiger partial charge on any atom is -0.508 e. The number of amides is 3. The zero-order valence-electron chi connectivity index (χ0n) is 31.2. The zero-order valence-corrected chi connectivity index (χ0v) is 31.2. The fourth-order valence-electron chi connectivity index (χ4n) is 9.85. The Labute approximate surface area is 325 Å². The predicted octanol–water partition coefficient (Wildman–Crippen LogP) is 4.05. The van der Waals surface area contributed by atoms with Crippen molar-refractivity contribution in [3.8, 4) is 17.2 Å². The number of ether oxygens (including phenoxy) is 2. The minimum absolute atomic E-state index is 0.00501. The molecule has 56 heavy (non-hydrogen) atoms. The number of nitrogens with zero attached hydrogens (tertiary/aromatic N) is 6. The number of carbonyl (C=O) groups is 3. The molecule has 0 bridgehead atoms. The maximum absolute atomic E-state index is 13.4. The molecular formula is C43H45N7O6. The number of phenolic OH excluding ortho intramolecular Hbond substituents is 1. The molecule has 7 heterocycles. The summed E-state index contributed by atoms with van der Waals surface area (Å²) in [6.45, 7) is 7.00. The highest BCUT2D eigenvalue weighted by atomic mass is 16.5. The maximum atomic E-state index is 13.4. The Morgan fingerprint density at radius 3 is 2.46 bits per heavy atom. The van der Waals surface area contributed by atoms with Crippen molar-refractivity contribution in [1.29, 1.82) is 0 Å². The van der Waals surface area contributed by atoms with Crippen molar-refractivity contribution in [2.24, 2.45) is 5.92 Å². The number of carbonyl (C=O) groups excluding carboxylic acids is 3. The molecule has 3 fully saturated rings. The lowest BCUT2D eigenvalue weighted by atomic mass is 9.76. The van der Waals surface area contributed by atoms with Crippen LogP contribution < -0.4 is 24.6 Å². The number of imide groups is 1. The van der Waals surface area contributed by atoms with Crippen LogP contribution in [0, 0.1) is 5.92 Å². The van der Waals surface area contributed by atoms with Gasteiger partial charge < -0.3 is 29.3 Å². The van der Waals surface area contributed by atoms with Crippen LogP contribution in [0.4, 0.5) is 11.6 Å². The van der Waals surface area contributed by atoms with E-state index < -0.39 is 11.9 Å². The Morgan fingerprint density at radius 2 is 1.66 bits per heavy atom. The number of piperidine rings is 2. The van der Waals surface area contributed by atoms with Crippen LogP contribution >= 0.6 is 0 Å². The Balaban J connectivity index is 0.758. The highest BCUT2D eigenvalue weighted by molar-refractivity contribution is 6.06. The molecule has 3 saturated heterocycles. The van der Waals surface area contributed by atoms with E-state index in [1.807, 2.05) is 36.7 Å². The number of benzene rings is 3. The summed E-state index contributed by atoms with van der Waals surface area (Å²) in [7, 11) is 0. The van der Waals surface area contributed by atoms with Gasteiger partial charge in [0.15, 0.2) is 0 Å². The van der Waals surface area contributed by atoms with Crippen molar-refractivity contribution in [3.05, 3.63) is 101 Å². The van der Waals surface area contributed by atoms with E-state index in [1.54, 1.807) is 17.0 Å². The molecule has 2 N–H and O–H groups in total. The molecule has 3 amide bonds. The van der Waals surface area contributed by atoms with Gasteiger partial charge in [0.1, 0.15) is 29.9 Å². The molecular weight excluding hydrogens is 711 g/mol. The van der Waals surface area contributed by atoms with Crippen LogP contribution in [-0.2, 0) is 16.1 Å². The SMILES string of the molecule is O=C1CCC(N2Cc3c(ccc4c3OC[C@@H]3CN(CC5CCN(c6ncc([C@H]7c8ccc(O)cc8OC[C@H]7c7ccccc7)cn6)CC5)CCN43)C2=O)C(=O)N1. The molecule has 4 aromatic rings. The highest BCUT2D eigenvalue weighted by Crippen LogP contribution is 2.47. The number of rotatable bonds is 6. The number of nitrogens with one attached hydrogen (secondary N) is 1. The van der Waals surface area contributed by atoms with Crippen LogP contribution in [0.15, 0.2) is 73.1 Å². The van der Waals surface area contributed by atoms with Gasteiger partial charge in [-0.2, -0.15) is 0 Å². The highest BCUT2D eigenvalue weighted by Gasteiger charge is 2.43. The first-order valence-corrected chi connectivity index (χ1v) is 19.9. The first-order valence-electron chi connectivity index (χ1n) is 19.9. The van der Waals surface area contributed by atoms with Gasteiger partial charge in [-0.05, 0) is 54.5 Å². The van der Waals surface area contributed by atoms with Crippen LogP contribution in [0.5, 0.6) is 17.2 Å². The van der Waals surface area contributed by atoms with Crippen LogP contribution in [0.3, 0.4) is 0 Å². The number of phenols is 1. The van der Waals surface area contributed by atoms with Crippen molar-refractivity contribution in [2.75, 3.05) is 62.3 Å². The zero-order chi connectivity index (χ0) is 37.9. The second-order valence-electron chi connectivity index (χ2n) is 16.0. The third-order valence-corrected chi connectivity index (χ3v) is 12.8. The summed E-state index contributed by atoms with van der Waals surface area (Å²) < 4.78 is 12.6. The molecule has 288 valence electrons. The van der Waals surface area contributed by atoms with E-state index in [2.05, 4.69) is 44.3 Å².